The molecule has 0 saturated heterocycles. The smallest absolute Gasteiger partial charge is 0.434 e. The fourth-order valence-corrected chi connectivity index (χ4v) is 2.15. The van der Waals surface area contributed by atoms with Crippen LogP contribution in [0.1, 0.15) is 10.7 Å². The Bertz CT molecular complexity index is 544. The van der Waals surface area contributed by atoms with Gasteiger partial charge in [0, 0.05) is 11.4 Å². The lowest BCUT2D eigenvalue weighted by Gasteiger charge is -2.03. The van der Waals surface area contributed by atoms with Gasteiger partial charge in [0.25, 0.3) is 0 Å². The Hall–Kier alpha value is -1.15. The number of alkyl halides is 3. The molecule has 0 saturated carbocycles. The molecule has 2 rings (SSSR count). The van der Waals surface area contributed by atoms with E-state index in [1.54, 1.807) is 18.2 Å². The van der Waals surface area contributed by atoms with Crippen molar-refractivity contribution in [2.24, 2.45) is 0 Å². The van der Waals surface area contributed by atoms with Gasteiger partial charge in [-0.3, -0.25) is 0 Å². The number of ether oxygens (including phenoxy) is 1. The highest BCUT2D eigenvalue weighted by Gasteiger charge is 2.33. The lowest BCUT2D eigenvalue weighted by Crippen LogP contribution is -2.06. The molecule has 0 atom stereocenters. The van der Waals surface area contributed by atoms with E-state index in [0.717, 1.165) is 16.7 Å². The van der Waals surface area contributed by atoms with Crippen LogP contribution in [0, 0.1) is 0 Å². The molecule has 96 valence electrons. The van der Waals surface area contributed by atoms with E-state index in [1.807, 2.05) is 0 Å². The largest absolute Gasteiger partial charge is 0.470 e. The molecule has 0 N–H and O–H groups in total. The molecule has 0 radical (unpaired) electrons. The summed E-state index contributed by atoms with van der Waals surface area (Å²) in [6, 6.07) is 5.05. The summed E-state index contributed by atoms with van der Waals surface area (Å²) >= 11 is 4.07. The second kappa shape index (κ2) is 5.23. The van der Waals surface area contributed by atoms with Gasteiger partial charge in [0.2, 0.25) is 5.88 Å². The Morgan fingerprint density at radius 1 is 1.28 bits per heavy atom. The molecule has 18 heavy (non-hydrogen) atoms. The molecular weight excluding hydrogens is 333 g/mol. The molecule has 0 spiro atoms. The minimum absolute atomic E-state index is 0.0375. The molecule has 0 aliphatic carbocycles. The van der Waals surface area contributed by atoms with Gasteiger partial charge in [-0.1, -0.05) is 6.07 Å². The summed E-state index contributed by atoms with van der Waals surface area (Å²) in [5.41, 5.74) is -0.895. The number of rotatable bonds is 3. The lowest BCUT2D eigenvalue weighted by molar-refractivity contribution is -0.140. The number of hydrogen-bond acceptors (Lipinski definition) is 4. The van der Waals surface area contributed by atoms with Crippen LogP contribution in [-0.2, 0) is 12.8 Å². The summed E-state index contributed by atoms with van der Waals surface area (Å²) in [5.74, 6) is 0.327. The Morgan fingerprint density at radius 2 is 2.06 bits per heavy atom. The van der Waals surface area contributed by atoms with E-state index in [9.17, 15) is 13.2 Å². The van der Waals surface area contributed by atoms with Crippen molar-refractivity contribution in [2.45, 2.75) is 12.8 Å². The predicted octanol–water partition coefficient (Wildman–Crippen LogP) is 3.90. The van der Waals surface area contributed by atoms with Crippen molar-refractivity contribution in [3.63, 3.8) is 0 Å². The van der Waals surface area contributed by atoms with Crippen molar-refractivity contribution in [1.82, 2.24) is 9.97 Å². The monoisotopic (exact) mass is 338 g/mol. The van der Waals surface area contributed by atoms with Crippen LogP contribution >= 0.6 is 27.3 Å². The number of thiazole rings is 1. The van der Waals surface area contributed by atoms with Crippen LogP contribution in [0.15, 0.2) is 28.2 Å². The fourth-order valence-electron chi connectivity index (χ4n) is 1.11. The minimum Gasteiger partial charge on any atom is -0.470 e. The van der Waals surface area contributed by atoms with Crippen LogP contribution in [0.3, 0.4) is 0 Å². The molecule has 2 heterocycles. The van der Waals surface area contributed by atoms with Crippen LogP contribution < -0.4 is 4.74 Å². The molecule has 0 amide bonds. The topological polar surface area (TPSA) is 35.0 Å². The van der Waals surface area contributed by atoms with Gasteiger partial charge in [-0.25, -0.2) is 9.97 Å². The van der Waals surface area contributed by atoms with Gasteiger partial charge >= 0.3 is 6.18 Å². The standard InChI is InChI=1S/C10H6BrF3N2OS/c11-7-2-1-3-8(16-7)17-4-9-15-6(5-18-9)10(12,13)14/h1-3,5H,4H2. The van der Waals surface area contributed by atoms with Crippen LogP contribution in [-0.4, -0.2) is 9.97 Å². The zero-order valence-electron chi connectivity index (χ0n) is 8.74. The third kappa shape index (κ3) is 3.42. The van der Waals surface area contributed by atoms with Crippen molar-refractivity contribution >= 4 is 27.3 Å². The van der Waals surface area contributed by atoms with Gasteiger partial charge in [-0.15, -0.1) is 11.3 Å². The molecule has 0 bridgehead atoms. The highest BCUT2D eigenvalue weighted by Crippen LogP contribution is 2.30. The van der Waals surface area contributed by atoms with Crippen LogP contribution in [0.25, 0.3) is 0 Å². The zero-order chi connectivity index (χ0) is 13.2. The second-order valence-corrected chi connectivity index (χ2v) is 4.97. The molecular formula is C10H6BrF3N2OS. The van der Waals surface area contributed by atoms with Crippen LogP contribution in [0.2, 0.25) is 0 Å². The number of halogens is 4. The van der Waals surface area contributed by atoms with Crippen molar-refractivity contribution in [3.8, 4) is 5.88 Å². The first-order valence-corrected chi connectivity index (χ1v) is 6.39. The Morgan fingerprint density at radius 3 is 2.67 bits per heavy atom. The fraction of sp³-hybridized carbons (Fsp3) is 0.200. The molecule has 3 nitrogen and oxygen atoms in total. The van der Waals surface area contributed by atoms with Crippen molar-refractivity contribution in [2.75, 3.05) is 0 Å². The second-order valence-electron chi connectivity index (χ2n) is 3.21. The highest BCUT2D eigenvalue weighted by atomic mass is 79.9. The van der Waals surface area contributed by atoms with Gasteiger partial charge in [-0.05, 0) is 22.0 Å². The first-order chi connectivity index (χ1) is 8.45. The zero-order valence-corrected chi connectivity index (χ0v) is 11.1. The molecule has 0 unspecified atom stereocenters. The third-order valence-electron chi connectivity index (χ3n) is 1.88. The highest BCUT2D eigenvalue weighted by molar-refractivity contribution is 9.10. The summed E-state index contributed by atoms with van der Waals surface area (Å²) in [5, 5.41) is 1.22. The molecule has 8 heteroatoms. The number of pyridine rings is 1. The molecule has 2 aromatic rings. The van der Waals surface area contributed by atoms with E-state index < -0.39 is 11.9 Å². The van der Waals surface area contributed by atoms with Gasteiger partial charge < -0.3 is 4.74 Å². The summed E-state index contributed by atoms with van der Waals surface area (Å²) in [6.07, 6.45) is -4.41. The summed E-state index contributed by atoms with van der Waals surface area (Å²) in [7, 11) is 0. The van der Waals surface area contributed by atoms with Crippen LogP contribution in [0.4, 0.5) is 13.2 Å². The van der Waals surface area contributed by atoms with E-state index in [1.165, 1.54) is 0 Å². The number of hydrogen-bond donors (Lipinski definition) is 0. The van der Waals surface area contributed by atoms with E-state index in [0.29, 0.717) is 10.5 Å². The van der Waals surface area contributed by atoms with E-state index >= 15 is 0 Å². The summed E-state index contributed by atoms with van der Waals surface area (Å²) in [4.78, 5) is 7.44. The van der Waals surface area contributed by atoms with Gasteiger partial charge in [-0.2, -0.15) is 13.2 Å². The SMILES string of the molecule is FC(F)(F)c1csc(COc2cccc(Br)n2)n1. The third-order valence-corrected chi connectivity index (χ3v) is 3.14. The minimum atomic E-state index is -4.41. The van der Waals surface area contributed by atoms with E-state index in [-0.39, 0.29) is 11.6 Å². The number of aromatic nitrogens is 2. The Balaban J connectivity index is 2.01. The molecule has 0 aromatic carbocycles. The first-order valence-electron chi connectivity index (χ1n) is 4.72. The summed E-state index contributed by atoms with van der Waals surface area (Å²) < 4.78 is 42.7. The Kier molecular flexibility index (Phi) is 3.86. The predicted molar refractivity (Wildman–Crippen MR) is 63.4 cm³/mol. The first kappa shape index (κ1) is 13.3. The maximum atomic E-state index is 12.3. The lowest BCUT2D eigenvalue weighted by atomic mass is 10.5. The van der Waals surface area contributed by atoms with Gasteiger partial charge in [0.05, 0.1) is 0 Å². The molecule has 0 aliphatic rings. The quantitative estimate of drug-likeness (QED) is 0.796. The van der Waals surface area contributed by atoms with Crippen molar-refractivity contribution in [3.05, 3.63) is 38.9 Å². The van der Waals surface area contributed by atoms with E-state index in [4.69, 9.17) is 4.74 Å². The molecule has 0 aliphatic heterocycles. The average molecular weight is 339 g/mol. The van der Waals surface area contributed by atoms with Gasteiger partial charge in [0.1, 0.15) is 16.2 Å². The van der Waals surface area contributed by atoms with Crippen molar-refractivity contribution in [1.29, 1.82) is 0 Å². The van der Waals surface area contributed by atoms with Crippen molar-refractivity contribution < 1.29 is 17.9 Å². The Labute approximate surface area is 113 Å². The van der Waals surface area contributed by atoms with E-state index in [2.05, 4.69) is 25.9 Å². The van der Waals surface area contributed by atoms with Gasteiger partial charge in [0.15, 0.2) is 5.69 Å². The normalized spacial score (nSPS) is 11.6. The number of nitrogens with zero attached hydrogens (tertiary/aromatic N) is 2. The maximum Gasteiger partial charge on any atom is 0.434 e. The summed E-state index contributed by atoms with van der Waals surface area (Å²) in [6.45, 7) is -0.0375. The molecule has 0 fully saturated rings. The molecule has 2 aromatic heterocycles. The average Bonchev–Trinajstić information content (AvgIpc) is 2.74. The maximum absolute atomic E-state index is 12.3. The van der Waals surface area contributed by atoms with Crippen LogP contribution in [0.5, 0.6) is 5.88 Å².